The summed E-state index contributed by atoms with van der Waals surface area (Å²) in [6.07, 6.45) is 0.575. The molecule has 0 amide bonds. The Morgan fingerprint density at radius 2 is 2.10 bits per heavy atom. The van der Waals surface area contributed by atoms with E-state index in [-0.39, 0.29) is 5.75 Å². The van der Waals surface area contributed by atoms with Crippen molar-refractivity contribution in [3.8, 4) is 0 Å². The van der Waals surface area contributed by atoms with Gasteiger partial charge in [-0.1, -0.05) is 0 Å². The molecule has 0 spiro atoms. The highest BCUT2D eigenvalue weighted by Crippen LogP contribution is 2.08. The van der Waals surface area contributed by atoms with Crippen molar-refractivity contribution in [2.24, 2.45) is 5.92 Å². The van der Waals surface area contributed by atoms with Crippen molar-refractivity contribution >= 4 is 10.1 Å². The topological polar surface area (TPSA) is 66.4 Å². The third-order valence-electron chi connectivity index (χ3n) is 1.65. The van der Waals surface area contributed by atoms with Crippen molar-refractivity contribution in [2.45, 2.75) is 6.42 Å². The molecule has 1 heterocycles. The molecule has 60 valence electrons. The standard InChI is InChI=1S/C5H11NO3S/c7-10(8,9)2-1-5-3-6-4-5/h5-6H,1-4H2,(H,7,8,9). The lowest BCUT2D eigenvalue weighted by atomic mass is 10.0. The first-order valence-corrected chi connectivity index (χ1v) is 4.85. The van der Waals surface area contributed by atoms with Gasteiger partial charge in [-0.3, -0.25) is 4.55 Å². The van der Waals surface area contributed by atoms with Crippen LogP contribution in [0.15, 0.2) is 0 Å². The second-order valence-corrected chi connectivity index (χ2v) is 4.17. The van der Waals surface area contributed by atoms with Crippen LogP contribution < -0.4 is 5.32 Å². The molecular formula is C5H11NO3S. The fourth-order valence-electron chi connectivity index (χ4n) is 0.868. The predicted molar refractivity (Wildman–Crippen MR) is 37.4 cm³/mol. The van der Waals surface area contributed by atoms with Gasteiger partial charge < -0.3 is 5.32 Å². The maximum absolute atomic E-state index is 10.2. The summed E-state index contributed by atoms with van der Waals surface area (Å²) >= 11 is 0. The largest absolute Gasteiger partial charge is 0.316 e. The number of hydrogen-bond acceptors (Lipinski definition) is 3. The molecule has 1 rings (SSSR count). The molecule has 0 aromatic rings. The van der Waals surface area contributed by atoms with Crippen LogP contribution in [0.25, 0.3) is 0 Å². The summed E-state index contributed by atoms with van der Waals surface area (Å²) in [7, 11) is -3.72. The molecular weight excluding hydrogens is 154 g/mol. The Labute approximate surface area is 60.4 Å². The molecule has 4 nitrogen and oxygen atoms in total. The normalized spacial score (nSPS) is 20.5. The van der Waals surface area contributed by atoms with E-state index in [1.165, 1.54) is 0 Å². The van der Waals surface area contributed by atoms with Gasteiger partial charge in [0.25, 0.3) is 10.1 Å². The molecule has 1 aliphatic rings. The summed E-state index contributed by atoms with van der Waals surface area (Å²) in [4.78, 5) is 0. The highest BCUT2D eigenvalue weighted by molar-refractivity contribution is 7.85. The Kier molecular flexibility index (Phi) is 2.28. The van der Waals surface area contributed by atoms with Crippen molar-refractivity contribution in [3.63, 3.8) is 0 Å². The van der Waals surface area contributed by atoms with E-state index < -0.39 is 10.1 Å². The van der Waals surface area contributed by atoms with Gasteiger partial charge in [0.1, 0.15) is 0 Å². The molecule has 0 aromatic heterocycles. The number of hydrogen-bond donors (Lipinski definition) is 2. The highest BCUT2D eigenvalue weighted by Gasteiger charge is 2.18. The Morgan fingerprint density at radius 1 is 1.50 bits per heavy atom. The van der Waals surface area contributed by atoms with Crippen LogP contribution in [-0.4, -0.2) is 31.8 Å². The van der Waals surface area contributed by atoms with Crippen LogP contribution in [0.5, 0.6) is 0 Å². The van der Waals surface area contributed by atoms with E-state index in [1.54, 1.807) is 0 Å². The van der Waals surface area contributed by atoms with Crippen LogP contribution in [0.3, 0.4) is 0 Å². The Balaban J connectivity index is 2.16. The zero-order valence-corrected chi connectivity index (χ0v) is 6.39. The molecule has 1 fully saturated rings. The molecule has 0 radical (unpaired) electrons. The fraction of sp³-hybridized carbons (Fsp3) is 1.00. The highest BCUT2D eigenvalue weighted by atomic mass is 32.2. The Bertz CT molecular complexity index is 195. The average molecular weight is 165 g/mol. The summed E-state index contributed by atoms with van der Waals surface area (Å²) in [6.45, 7) is 1.77. The summed E-state index contributed by atoms with van der Waals surface area (Å²) in [5, 5.41) is 3.02. The molecule has 0 atom stereocenters. The van der Waals surface area contributed by atoms with Crippen LogP contribution in [0.2, 0.25) is 0 Å². The quantitative estimate of drug-likeness (QED) is 0.552. The van der Waals surface area contributed by atoms with Crippen LogP contribution in [-0.2, 0) is 10.1 Å². The molecule has 10 heavy (non-hydrogen) atoms. The molecule has 2 N–H and O–H groups in total. The molecule has 5 heteroatoms. The zero-order valence-electron chi connectivity index (χ0n) is 5.58. The zero-order chi connectivity index (χ0) is 7.61. The molecule has 0 bridgehead atoms. The van der Waals surface area contributed by atoms with Crippen molar-refractivity contribution in [3.05, 3.63) is 0 Å². The van der Waals surface area contributed by atoms with E-state index >= 15 is 0 Å². The van der Waals surface area contributed by atoms with Crippen LogP contribution in [0.4, 0.5) is 0 Å². The predicted octanol–water partition coefficient (Wildman–Crippen LogP) is -0.516. The molecule has 0 unspecified atom stereocenters. The summed E-state index contributed by atoms with van der Waals surface area (Å²) < 4.78 is 28.8. The van der Waals surface area contributed by atoms with Gasteiger partial charge in [0, 0.05) is 0 Å². The monoisotopic (exact) mass is 165 g/mol. The Hall–Kier alpha value is -0.130. The molecule has 0 aliphatic carbocycles. The molecule has 0 saturated carbocycles. The smallest absolute Gasteiger partial charge is 0.264 e. The van der Waals surface area contributed by atoms with Gasteiger partial charge >= 0.3 is 0 Å². The minimum absolute atomic E-state index is 0.0979. The lowest BCUT2D eigenvalue weighted by Crippen LogP contribution is -2.42. The van der Waals surface area contributed by atoms with Gasteiger partial charge in [-0.15, -0.1) is 0 Å². The van der Waals surface area contributed by atoms with E-state index in [0.29, 0.717) is 12.3 Å². The number of nitrogens with one attached hydrogen (secondary N) is 1. The first kappa shape index (κ1) is 7.97. The minimum atomic E-state index is -3.72. The second kappa shape index (κ2) is 2.86. The second-order valence-electron chi connectivity index (χ2n) is 2.60. The molecule has 1 aliphatic heterocycles. The van der Waals surface area contributed by atoms with E-state index in [2.05, 4.69) is 5.32 Å². The van der Waals surface area contributed by atoms with E-state index in [4.69, 9.17) is 4.55 Å². The van der Waals surface area contributed by atoms with Crippen molar-refractivity contribution in [1.82, 2.24) is 5.32 Å². The van der Waals surface area contributed by atoms with Crippen LogP contribution >= 0.6 is 0 Å². The van der Waals surface area contributed by atoms with Gasteiger partial charge in [-0.2, -0.15) is 8.42 Å². The van der Waals surface area contributed by atoms with Crippen molar-refractivity contribution < 1.29 is 13.0 Å². The van der Waals surface area contributed by atoms with Gasteiger partial charge in [-0.05, 0) is 25.4 Å². The van der Waals surface area contributed by atoms with Gasteiger partial charge in [0.2, 0.25) is 0 Å². The van der Waals surface area contributed by atoms with Crippen molar-refractivity contribution in [1.29, 1.82) is 0 Å². The molecule has 1 saturated heterocycles. The lowest BCUT2D eigenvalue weighted by molar-refractivity contribution is 0.336. The van der Waals surface area contributed by atoms with Crippen LogP contribution in [0.1, 0.15) is 6.42 Å². The number of rotatable bonds is 3. The van der Waals surface area contributed by atoms with E-state index in [0.717, 1.165) is 13.1 Å². The third kappa shape index (κ3) is 2.64. The first-order chi connectivity index (χ1) is 4.58. The average Bonchev–Trinajstić information content (AvgIpc) is 1.56. The SMILES string of the molecule is O=S(=O)(O)CCC1CNC1. The maximum Gasteiger partial charge on any atom is 0.264 e. The van der Waals surface area contributed by atoms with E-state index in [9.17, 15) is 8.42 Å². The van der Waals surface area contributed by atoms with Crippen LogP contribution in [0, 0.1) is 5.92 Å². The summed E-state index contributed by atoms with van der Waals surface area (Å²) in [5.74, 6) is 0.348. The van der Waals surface area contributed by atoms with Crippen molar-refractivity contribution in [2.75, 3.05) is 18.8 Å². The van der Waals surface area contributed by atoms with Gasteiger partial charge in [0.15, 0.2) is 0 Å². The lowest BCUT2D eigenvalue weighted by Gasteiger charge is -2.26. The summed E-state index contributed by atoms with van der Waals surface area (Å²) in [5.41, 5.74) is 0. The maximum atomic E-state index is 10.2. The third-order valence-corrected chi connectivity index (χ3v) is 2.40. The Morgan fingerprint density at radius 3 is 2.40 bits per heavy atom. The van der Waals surface area contributed by atoms with Gasteiger partial charge in [-0.25, -0.2) is 0 Å². The molecule has 0 aromatic carbocycles. The minimum Gasteiger partial charge on any atom is -0.316 e. The summed E-state index contributed by atoms with van der Waals surface area (Å²) in [6, 6.07) is 0. The van der Waals surface area contributed by atoms with E-state index in [1.807, 2.05) is 0 Å². The fourth-order valence-corrected chi connectivity index (χ4v) is 1.50. The first-order valence-electron chi connectivity index (χ1n) is 3.24. The van der Waals surface area contributed by atoms with Gasteiger partial charge in [0.05, 0.1) is 5.75 Å².